The van der Waals surface area contributed by atoms with Crippen LogP contribution in [-0.2, 0) is 21.7 Å². The van der Waals surface area contributed by atoms with Gasteiger partial charge in [-0.15, -0.1) is 0 Å². The molecule has 0 bridgehead atoms. The Labute approximate surface area is 427 Å². The number of nitro groups is 1. The van der Waals surface area contributed by atoms with Crippen LogP contribution in [0.25, 0.3) is 65.4 Å². The molecule has 0 atom stereocenters. The van der Waals surface area contributed by atoms with Crippen LogP contribution in [0.2, 0.25) is 0 Å². The predicted molar refractivity (Wildman–Crippen MR) is 307 cm³/mol. The summed E-state index contributed by atoms with van der Waals surface area (Å²) >= 11 is 0. The van der Waals surface area contributed by atoms with E-state index >= 15 is 0 Å². The first-order valence-electron chi connectivity index (χ1n) is 25.4. The second-order valence-electron chi connectivity index (χ2n) is 24.1. The minimum absolute atomic E-state index is 0.0165. The van der Waals surface area contributed by atoms with E-state index in [9.17, 15) is 10.1 Å². The highest BCUT2D eigenvalue weighted by atomic mass is 16.6. The van der Waals surface area contributed by atoms with Crippen molar-refractivity contribution in [3.63, 3.8) is 0 Å². The maximum Gasteiger partial charge on any atom is 0.313 e. The zero-order chi connectivity index (χ0) is 51.5. The standard InChI is InChI=1S/C66H63N3O4/c1-63(2,3)44-15-25-48(26-16-44)67(49-27-17-45(18-28-49)64(4,5)6)52-23-13-40-35-54-55-39-57(69(70)71)62-60(61(55)72-58(54)37-42(40)33-52)56-36-41-14-24-53(34-43(41)38-59(56)73-62)68(50-29-19-46(20-30-50)65(7,8)9)51-31-21-47(22-32-51)66(10,11)12/h13-39H,1-12H3. The molecule has 7 heteroatoms. The number of non-ortho nitro benzene ring substituents is 1. The molecule has 366 valence electrons. The molecule has 0 spiro atoms. The van der Waals surface area contributed by atoms with Gasteiger partial charge in [0.1, 0.15) is 16.7 Å². The van der Waals surface area contributed by atoms with Crippen molar-refractivity contribution in [3.05, 3.63) is 196 Å². The van der Waals surface area contributed by atoms with Gasteiger partial charge in [-0.2, -0.15) is 0 Å². The SMILES string of the molecule is CC(C)(C)c1ccc(N(c2ccc(C(C)(C)C)cc2)c2ccc3cc4c(cc3c2)oc2c4cc([N+](=O)[O-])c3oc4cc5cc(N(c6ccc(C(C)(C)C)cc6)c6ccc(C(C)(C)C)cc6)ccc5cc4c32)cc1. The fourth-order valence-electron chi connectivity index (χ4n) is 10.4. The lowest BCUT2D eigenvalue weighted by atomic mass is 9.86. The van der Waals surface area contributed by atoms with E-state index in [1.807, 2.05) is 6.07 Å². The third-order valence-corrected chi connectivity index (χ3v) is 14.7. The summed E-state index contributed by atoms with van der Waals surface area (Å²) in [7, 11) is 0. The molecule has 0 aliphatic rings. The van der Waals surface area contributed by atoms with Gasteiger partial charge >= 0.3 is 5.69 Å². The molecule has 0 aliphatic carbocycles. The first kappa shape index (κ1) is 47.4. The monoisotopic (exact) mass is 961 g/mol. The van der Waals surface area contributed by atoms with Crippen molar-refractivity contribution in [1.82, 2.24) is 0 Å². The number of rotatable bonds is 7. The Morgan fingerprint density at radius 2 is 0.685 bits per heavy atom. The molecule has 0 N–H and O–H groups in total. The number of nitro benzene ring substituents is 1. The molecular formula is C66H63N3O4. The van der Waals surface area contributed by atoms with Gasteiger partial charge in [-0.05, 0) is 163 Å². The third-order valence-electron chi connectivity index (χ3n) is 14.7. The lowest BCUT2D eigenvalue weighted by Gasteiger charge is -2.28. The molecule has 0 aliphatic heterocycles. The van der Waals surface area contributed by atoms with E-state index in [1.165, 1.54) is 22.3 Å². The molecule has 2 aromatic heterocycles. The summed E-state index contributed by atoms with van der Waals surface area (Å²) in [6.07, 6.45) is 0. The summed E-state index contributed by atoms with van der Waals surface area (Å²) in [6.45, 7) is 26.8. The number of benzene rings is 9. The van der Waals surface area contributed by atoms with Crippen molar-refractivity contribution in [2.45, 2.75) is 105 Å². The van der Waals surface area contributed by atoms with Gasteiger partial charge < -0.3 is 18.6 Å². The Balaban J connectivity index is 1.04. The van der Waals surface area contributed by atoms with Crippen molar-refractivity contribution in [3.8, 4) is 0 Å². The first-order chi connectivity index (χ1) is 34.5. The van der Waals surface area contributed by atoms with Crippen LogP contribution in [0.5, 0.6) is 0 Å². The van der Waals surface area contributed by atoms with E-state index < -0.39 is 0 Å². The second-order valence-corrected chi connectivity index (χ2v) is 24.1. The predicted octanol–water partition coefficient (Wildman–Crippen LogP) is 19.8. The molecule has 0 unspecified atom stereocenters. The van der Waals surface area contributed by atoms with Crippen LogP contribution in [0, 0.1) is 10.1 Å². The van der Waals surface area contributed by atoms with Gasteiger partial charge in [-0.25, -0.2) is 0 Å². The molecule has 73 heavy (non-hydrogen) atoms. The highest BCUT2D eigenvalue weighted by Gasteiger charge is 2.27. The number of anilines is 6. The summed E-state index contributed by atoms with van der Waals surface area (Å²) in [6, 6.07) is 58.1. The van der Waals surface area contributed by atoms with Gasteiger partial charge in [0.15, 0.2) is 0 Å². The number of nitrogens with zero attached hydrogens (tertiary/aromatic N) is 3. The van der Waals surface area contributed by atoms with Gasteiger partial charge in [-0.1, -0.05) is 144 Å². The highest BCUT2D eigenvalue weighted by molar-refractivity contribution is 6.26. The minimum Gasteiger partial charge on any atom is -0.455 e. The molecule has 0 radical (unpaired) electrons. The van der Waals surface area contributed by atoms with E-state index in [-0.39, 0.29) is 37.9 Å². The highest BCUT2D eigenvalue weighted by Crippen LogP contribution is 2.47. The Morgan fingerprint density at radius 3 is 1.04 bits per heavy atom. The van der Waals surface area contributed by atoms with Crippen LogP contribution in [0.3, 0.4) is 0 Å². The Kier molecular flexibility index (Phi) is 10.9. The van der Waals surface area contributed by atoms with Crippen LogP contribution in [0.1, 0.15) is 105 Å². The normalized spacial score (nSPS) is 12.8. The Hall–Kier alpha value is -7.90. The Morgan fingerprint density at radius 1 is 0.356 bits per heavy atom. The van der Waals surface area contributed by atoms with Crippen LogP contribution >= 0.6 is 0 Å². The van der Waals surface area contributed by atoms with E-state index in [1.54, 1.807) is 6.07 Å². The second kappa shape index (κ2) is 16.8. The largest absolute Gasteiger partial charge is 0.455 e. The molecule has 7 nitrogen and oxygen atoms in total. The summed E-state index contributed by atoms with van der Waals surface area (Å²) in [5.41, 5.74) is 13.2. The summed E-state index contributed by atoms with van der Waals surface area (Å²) in [5.74, 6) is 0. The van der Waals surface area contributed by atoms with Gasteiger partial charge in [0, 0.05) is 56.3 Å². The van der Waals surface area contributed by atoms with Crippen molar-refractivity contribution >= 4 is 105 Å². The van der Waals surface area contributed by atoms with Crippen LogP contribution in [0.15, 0.2) is 173 Å². The maximum absolute atomic E-state index is 13.0. The first-order valence-corrected chi connectivity index (χ1v) is 25.4. The number of fused-ring (bicyclic) bond motifs is 9. The molecule has 2 heterocycles. The molecule has 0 saturated heterocycles. The lowest BCUT2D eigenvalue weighted by Crippen LogP contribution is -2.14. The van der Waals surface area contributed by atoms with Crippen molar-refractivity contribution in [1.29, 1.82) is 0 Å². The molecule has 0 amide bonds. The van der Waals surface area contributed by atoms with Crippen LogP contribution < -0.4 is 9.80 Å². The van der Waals surface area contributed by atoms with Crippen molar-refractivity contribution in [2.24, 2.45) is 0 Å². The molecular weight excluding hydrogens is 899 g/mol. The summed E-state index contributed by atoms with van der Waals surface area (Å²) < 4.78 is 13.4. The summed E-state index contributed by atoms with van der Waals surface area (Å²) in [5, 5.41) is 19.7. The maximum atomic E-state index is 13.0. The topological polar surface area (TPSA) is 75.9 Å². The molecule has 0 saturated carbocycles. The van der Waals surface area contributed by atoms with Gasteiger partial charge in [-0.3, -0.25) is 10.1 Å². The molecule has 0 fully saturated rings. The number of hydrogen-bond donors (Lipinski definition) is 0. The van der Waals surface area contributed by atoms with E-state index in [0.29, 0.717) is 27.5 Å². The third kappa shape index (κ3) is 8.54. The molecule has 11 rings (SSSR count). The van der Waals surface area contributed by atoms with Gasteiger partial charge in [0.25, 0.3) is 0 Å². The van der Waals surface area contributed by atoms with Gasteiger partial charge in [0.2, 0.25) is 5.58 Å². The van der Waals surface area contributed by atoms with Crippen molar-refractivity contribution < 1.29 is 13.8 Å². The Bertz CT molecular complexity index is 3830. The quantitative estimate of drug-likeness (QED) is 0.117. The fraction of sp³-hybridized carbons (Fsp3) is 0.242. The smallest absolute Gasteiger partial charge is 0.313 e. The number of hydrogen-bond acceptors (Lipinski definition) is 6. The minimum atomic E-state index is -0.349. The van der Waals surface area contributed by atoms with Crippen molar-refractivity contribution in [2.75, 3.05) is 9.80 Å². The fourth-order valence-corrected chi connectivity index (χ4v) is 10.4. The summed E-state index contributed by atoms with van der Waals surface area (Å²) in [4.78, 5) is 17.2. The average molecular weight is 962 g/mol. The van der Waals surface area contributed by atoms with Crippen LogP contribution in [0.4, 0.5) is 39.8 Å². The molecule has 9 aromatic carbocycles. The molecule has 11 aromatic rings. The van der Waals surface area contributed by atoms with E-state index in [4.69, 9.17) is 8.83 Å². The zero-order valence-corrected chi connectivity index (χ0v) is 44.1. The van der Waals surface area contributed by atoms with Crippen LogP contribution in [-0.4, -0.2) is 4.92 Å². The zero-order valence-electron chi connectivity index (χ0n) is 44.1. The average Bonchev–Trinajstić information content (AvgIpc) is 3.89. The lowest BCUT2D eigenvalue weighted by molar-refractivity contribution is -0.383. The van der Waals surface area contributed by atoms with E-state index in [2.05, 4.69) is 245 Å². The van der Waals surface area contributed by atoms with E-state index in [0.717, 1.165) is 66.4 Å². The number of furan rings is 2. The van der Waals surface area contributed by atoms with Gasteiger partial charge in [0.05, 0.1) is 10.3 Å².